The average molecular weight is 303 g/mol. The van der Waals surface area contributed by atoms with Gasteiger partial charge in [0.05, 0.1) is 6.61 Å². The molecule has 0 aliphatic heterocycles. The van der Waals surface area contributed by atoms with Crippen LogP contribution in [0, 0.1) is 12.0 Å². The fourth-order valence-corrected chi connectivity index (χ4v) is 1.46. The molecular formula is C14H15BrMgO. The molecule has 3 heteroatoms. The van der Waals surface area contributed by atoms with Gasteiger partial charge in [0.2, 0.25) is 0 Å². The van der Waals surface area contributed by atoms with Crippen LogP contribution in [-0.4, -0.2) is 29.7 Å². The van der Waals surface area contributed by atoms with Crippen molar-refractivity contribution < 1.29 is 21.7 Å². The second-order valence-corrected chi connectivity index (χ2v) is 4.14. The van der Waals surface area contributed by atoms with Crippen molar-refractivity contribution in [1.29, 1.82) is 0 Å². The average Bonchev–Trinajstić information content (AvgIpc) is 2.26. The van der Waals surface area contributed by atoms with Gasteiger partial charge in [-0.05, 0) is 18.1 Å². The molecule has 0 aliphatic carbocycles. The van der Waals surface area contributed by atoms with Crippen LogP contribution in [0.25, 0.3) is 10.8 Å². The number of hydrogen-bond donors (Lipinski definition) is 0. The summed E-state index contributed by atoms with van der Waals surface area (Å²) in [6.45, 7) is 5.07. The van der Waals surface area contributed by atoms with E-state index in [4.69, 9.17) is 4.74 Å². The van der Waals surface area contributed by atoms with Crippen LogP contribution in [0.4, 0.5) is 0 Å². The van der Waals surface area contributed by atoms with Crippen molar-refractivity contribution in [3.63, 3.8) is 0 Å². The van der Waals surface area contributed by atoms with Crippen molar-refractivity contribution in [3.8, 4) is 5.75 Å². The number of benzene rings is 2. The molecule has 0 atom stereocenters. The molecule has 1 nitrogen and oxygen atoms in total. The monoisotopic (exact) mass is 302 g/mol. The van der Waals surface area contributed by atoms with Gasteiger partial charge in [-0.1, -0.05) is 13.8 Å². The van der Waals surface area contributed by atoms with Gasteiger partial charge in [-0.3, -0.25) is 0 Å². The predicted molar refractivity (Wildman–Crippen MR) is 68.9 cm³/mol. The molecular weight excluding hydrogens is 288 g/mol. The van der Waals surface area contributed by atoms with Crippen molar-refractivity contribution >= 4 is 33.8 Å². The Hall–Kier alpha value is -0.254. The molecule has 86 valence electrons. The predicted octanol–water partition coefficient (Wildman–Crippen LogP) is 0.298. The second-order valence-electron chi connectivity index (χ2n) is 4.14. The van der Waals surface area contributed by atoms with Crippen LogP contribution in [-0.2, 0) is 0 Å². The van der Waals surface area contributed by atoms with Crippen molar-refractivity contribution in [1.82, 2.24) is 0 Å². The zero-order valence-electron chi connectivity index (χ0n) is 10.2. The number of ether oxygens (including phenoxy) is 1. The fraction of sp³-hybridized carbons (Fsp3) is 0.286. The van der Waals surface area contributed by atoms with Crippen LogP contribution in [0.2, 0.25) is 0 Å². The minimum absolute atomic E-state index is 0. The summed E-state index contributed by atoms with van der Waals surface area (Å²) in [5.41, 5.74) is 0. The van der Waals surface area contributed by atoms with Gasteiger partial charge in [0, 0.05) is 0 Å². The van der Waals surface area contributed by atoms with Crippen LogP contribution >= 0.6 is 0 Å². The SMILES string of the molecule is CC(C)COc1ccc2c[c-]ccc2c1.[Br-].[Mg+2]. The van der Waals surface area contributed by atoms with E-state index in [-0.39, 0.29) is 40.0 Å². The van der Waals surface area contributed by atoms with Crippen molar-refractivity contribution in [2.45, 2.75) is 13.8 Å². The topological polar surface area (TPSA) is 9.23 Å². The Balaban J connectivity index is 0.00000128. The Kier molecular flexibility index (Phi) is 7.84. The summed E-state index contributed by atoms with van der Waals surface area (Å²) in [5, 5.41) is 2.41. The van der Waals surface area contributed by atoms with Gasteiger partial charge >= 0.3 is 23.1 Å². The molecule has 0 aliphatic rings. The molecule has 2 aromatic carbocycles. The molecule has 17 heavy (non-hydrogen) atoms. The molecule has 2 aromatic rings. The first-order valence-corrected chi connectivity index (χ1v) is 5.28. The van der Waals surface area contributed by atoms with E-state index in [9.17, 15) is 0 Å². The summed E-state index contributed by atoms with van der Waals surface area (Å²) < 4.78 is 5.67. The molecule has 0 aromatic heterocycles. The number of halogens is 1. The van der Waals surface area contributed by atoms with Crippen LogP contribution < -0.4 is 21.7 Å². The summed E-state index contributed by atoms with van der Waals surface area (Å²) >= 11 is 0. The maximum absolute atomic E-state index is 5.67. The smallest absolute Gasteiger partial charge is 1.00 e. The molecule has 0 N–H and O–H groups in total. The first-order chi connectivity index (χ1) is 7.25. The summed E-state index contributed by atoms with van der Waals surface area (Å²) in [7, 11) is 0. The molecule has 2 rings (SSSR count). The first kappa shape index (κ1) is 16.7. The van der Waals surface area contributed by atoms with Crippen LogP contribution in [0.15, 0.2) is 36.4 Å². The van der Waals surface area contributed by atoms with Crippen molar-refractivity contribution in [2.75, 3.05) is 6.61 Å². The van der Waals surface area contributed by atoms with Gasteiger partial charge < -0.3 is 21.7 Å². The van der Waals surface area contributed by atoms with Gasteiger partial charge in [0.1, 0.15) is 5.75 Å². The standard InChI is InChI=1S/C14H15O.BrH.Mg/c1-11(2)10-15-14-8-7-12-5-3-4-6-13(12)9-14;;/h4-9,11H,10H2,1-2H3;1H;/q-1;;+2/p-1. The van der Waals surface area contributed by atoms with Gasteiger partial charge in [-0.25, -0.2) is 0 Å². The molecule has 0 unspecified atom stereocenters. The maximum Gasteiger partial charge on any atom is 2.00 e. The Bertz CT molecular complexity index is 457. The third-order valence-corrected chi connectivity index (χ3v) is 2.24. The summed E-state index contributed by atoms with van der Waals surface area (Å²) in [4.78, 5) is 0. The zero-order chi connectivity index (χ0) is 10.7. The molecule has 0 saturated carbocycles. The first-order valence-electron chi connectivity index (χ1n) is 5.28. The Morgan fingerprint density at radius 2 is 1.94 bits per heavy atom. The number of rotatable bonds is 3. The Morgan fingerprint density at radius 3 is 2.65 bits per heavy atom. The Labute approximate surface area is 129 Å². The minimum Gasteiger partial charge on any atom is -1.00 e. The zero-order valence-corrected chi connectivity index (χ0v) is 13.2. The minimum atomic E-state index is 0. The van der Waals surface area contributed by atoms with Crippen LogP contribution in [0.5, 0.6) is 5.75 Å². The van der Waals surface area contributed by atoms with Gasteiger partial charge in [0.25, 0.3) is 0 Å². The van der Waals surface area contributed by atoms with Crippen molar-refractivity contribution in [3.05, 3.63) is 42.5 Å². The molecule has 0 fully saturated rings. The van der Waals surface area contributed by atoms with E-state index in [1.807, 2.05) is 18.2 Å². The van der Waals surface area contributed by atoms with Gasteiger partial charge in [-0.2, -0.15) is 24.3 Å². The molecule has 0 saturated heterocycles. The molecule has 0 radical (unpaired) electrons. The second kappa shape index (κ2) is 7.96. The maximum atomic E-state index is 5.67. The third kappa shape index (κ3) is 4.86. The molecule has 0 spiro atoms. The van der Waals surface area contributed by atoms with E-state index >= 15 is 0 Å². The van der Waals surface area contributed by atoms with E-state index in [1.165, 1.54) is 10.8 Å². The van der Waals surface area contributed by atoms with Crippen molar-refractivity contribution in [2.24, 2.45) is 5.92 Å². The summed E-state index contributed by atoms with van der Waals surface area (Å²) in [6.07, 6.45) is 0. The number of fused-ring (bicyclic) bond motifs is 1. The van der Waals surface area contributed by atoms with E-state index in [1.54, 1.807) is 0 Å². The molecule has 0 bridgehead atoms. The van der Waals surface area contributed by atoms with E-state index in [0.29, 0.717) is 5.92 Å². The van der Waals surface area contributed by atoms with E-state index in [2.05, 4.69) is 38.1 Å². The van der Waals surface area contributed by atoms with Gasteiger partial charge in [0.15, 0.2) is 0 Å². The summed E-state index contributed by atoms with van der Waals surface area (Å²) in [5.74, 6) is 1.51. The molecule has 0 heterocycles. The third-order valence-electron chi connectivity index (χ3n) is 2.24. The fourth-order valence-electron chi connectivity index (χ4n) is 1.46. The van der Waals surface area contributed by atoms with Crippen LogP contribution in [0.1, 0.15) is 13.8 Å². The van der Waals surface area contributed by atoms with E-state index < -0.39 is 0 Å². The Morgan fingerprint density at radius 1 is 1.18 bits per heavy atom. The number of hydrogen-bond acceptors (Lipinski definition) is 1. The van der Waals surface area contributed by atoms with E-state index in [0.717, 1.165) is 12.4 Å². The van der Waals surface area contributed by atoms with Gasteiger partial charge in [-0.15, -0.1) is 16.8 Å². The summed E-state index contributed by atoms with van der Waals surface area (Å²) in [6, 6.07) is 15.2. The molecule has 0 amide bonds. The quantitative estimate of drug-likeness (QED) is 0.585. The normalized spacial score (nSPS) is 9.59. The largest absolute Gasteiger partial charge is 2.00 e. The van der Waals surface area contributed by atoms with Crippen LogP contribution in [0.3, 0.4) is 0 Å².